The fourth-order valence-electron chi connectivity index (χ4n) is 1.83. The summed E-state index contributed by atoms with van der Waals surface area (Å²) < 4.78 is 0. The third-order valence-corrected chi connectivity index (χ3v) is 2.76. The van der Waals surface area contributed by atoms with E-state index in [1.807, 2.05) is 12.1 Å². The number of hydrogen-bond donors (Lipinski definition) is 2. The molecule has 0 amide bonds. The lowest BCUT2D eigenvalue weighted by molar-refractivity contribution is 1.04. The lowest BCUT2D eigenvalue weighted by Crippen LogP contribution is -2.03. The van der Waals surface area contributed by atoms with Crippen molar-refractivity contribution in [3.05, 3.63) is 53.7 Å². The maximum absolute atomic E-state index is 5.63. The van der Waals surface area contributed by atoms with Crippen molar-refractivity contribution in [1.29, 1.82) is 0 Å². The molecular formula is C14H17N3. The summed E-state index contributed by atoms with van der Waals surface area (Å²) in [5, 5.41) is 3.36. The third-order valence-electron chi connectivity index (χ3n) is 2.76. The number of nitrogens with two attached hydrogens (primary N) is 1. The van der Waals surface area contributed by atoms with Crippen molar-refractivity contribution >= 4 is 11.5 Å². The number of aryl methyl sites for hydroxylation is 1. The highest BCUT2D eigenvalue weighted by Gasteiger charge is 1.99. The van der Waals surface area contributed by atoms with E-state index in [9.17, 15) is 0 Å². The van der Waals surface area contributed by atoms with Gasteiger partial charge >= 0.3 is 0 Å². The molecule has 0 aliphatic carbocycles. The number of aromatic nitrogens is 1. The lowest BCUT2D eigenvalue weighted by atomic mass is 10.1. The third kappa shape index (κ3) is 2.97. The van der Waals surface area contributed by atoms with E-state index in [-0.39, 0.29) is 0 Å². The second-order valence-corrected chi connectivity index (χ2v) is 3.95. The molecule has 1 aromatic heterocycles. The van der Waals surface area contributed by atoms with Gasteiger partial charge in [-0.05, 0) is 23.6 Å². The Kier molecular flexibility index (Phi) is 3.60. The molecule has 0 unspecified atom stereocenters. The summed E-state index contributed by atoms with van der Waals surface area (Å²) >= 11 is 0. The minimum atomic E-state index is 0.541. The van der Waals surface area contributed by atoms with Crippen molar-refractivity contribution < 1.29 is 0 Å². The average molecular weight is 227 g/mol. The SMILES string of the molecule is CCc1ccccc1CNc1ccnc(N)c1. The molecular weight excluding hydrogens is 210 g/mol. The summed E-state index contributed by atoms with van der Waals surface area (Å²) in [6.07, 6.45) is 2.76. The van der Waals surface area contributed by atoms with Gasteiger partial charge in [-0.2, -0.15) is 0 Å². The molecule has 0 radical (unpaired) electrons. The monoisotopic (exact) mass is 227 g/mol. The smallest absolute Gasteiger partial charge is 0.125 e. The standard InChI is InChI=1S/C14H17N3/c1-2-11-5-3-4-6-12(11)10-17-13-7-8-16-14(15)9-13/h3-9H,2,10H2,1H3,(H3,15,16,17). The Morgan fingerprint density at radius 1 is 1.18 bits per heavy atom. The molecule has 0 atom stereocenters. The van der Waals surface area contributed by atoms with Crippen molar-refractivity contribution in [1.82, 2.24) is 4.98 Å². The normalized spacial score (nSPS) is 10.2. The van der Waals surface area contributed by atoms with Gasteiger partial charge in [-0.3, -0.25) is 0 Å². The van der Waals surface area contributed by atoms with Crippen LogP contribution in [0.1, 0.15) is 18.1 Å². The average Bonchev–Trinajstić information content (AvgIpc) is 2.37. The van der Waals surface area contributed by atoms with E-state index in [0.29, 0.717) is 5.82 Å². The summed E-state index contributed by atoms with van der Waals surface area (Å²) in [5.41, 5.74) is 9.34. The number of nitrogen functional groups attached to an aromatic ring is 1. The van der Waals surface area contributed by atoms with Crippen molar-refractivity contribution in [2.24, 2.45) is 0 Å². The highest BCUT2D eigenvalue weighted by molar-refractivity contribution is 5.50. The second kappa shape index (κ2) is 5.34. The van der Waals surface area contributed by atoms with E-state index in [0.717, 1.165) is 18.7 Å². The maximum atomic E-state index is 5.63. The van der Waals surface area contributed by atoms with Gasteiger partial charge in [-0.25, -0.2) is 4.98 Å². The Labute approximate surface area is 102 Å². The summed E-state index contributed by atoms with van der Waals surface area (Å²) in [6, 6.07) is 12.2. The fraction of sp³-hybridized carbons (Fsp3) is 0.214. The molecule has 0 saturated carbocycles. The zero-order chi connectivity index (χ0) is 12.1. The summed E-state index contributed by atoms with van der Waals surface area (Å²) in [7, 11) is 0. The number of nitrogens with zero attached hydrogens (tertiary/aromatic N) is 1. The number of rotatable bonds is 4. The van der Waals surface area contributed by atoms with E-state index in [1.54, 1.807) is 6.20 Å². The van der Waals surface area contributed by atoms with Gasteiger partial charge in [0.2, 0.25) is 0 Å². The highest BCUT2D eigenvalue weighted by Crippen LogP contribution is 2.14. The van der Waals surface area contributed by atoms with Gasteiger partial charge in [-0.1, -0.05) is 31.2 Å². The Hall–Kier alpha value is -2.03. The van der Waals surface area contributed by atoms with Crippen LogP contribution in [0.3, 0.4) is 0 Å². The van der Waals surface area contributed by atoms with Crippen LogP contribution in [0.25, 0.3) is 0 Å². The zero-order valence-corrected chi connectivity index (χ0v) is 9.98. The molecule has 88 valence electrons. The molecule has 2 aromatic rings. The van der Waals surface area contributed by atoms with Gasteiger partial charge in [0.1, 0.15) is 5.82 Å². The van der Waals surface area contributed by atoms with Crippen LogP contribution in [0.4, 0.5) is 11.5 Å². The molecule has 0 saturated heterocycles. The molecule has 17 heavy (non-hydrogen) atoms. The highest BCUT2D eigenvalue weighted by atomic mass is 14.9. The molecule has 1 heterocycles. The molecule has 0 bridgehead atoms. The fourth-order valence-corrected chi connectivity index (χ4v) is 1.83. The van der Waals surface area contributed by atoms with Gasteiger partial charge < -0.3 is 11.1 Å². The topological polar surface area (TPSA) is 50.9 Å². The number of pyridine rings is 1. The van der Waals surface area contributed by atoms with Crippen molar-refractivity contribution in [2.75, 3.05) is 11.1 Å². The van der Waals surface area contributed by atoms with Crippen LogP contribution < -0.4 is 11.1 Å². The van der Waals surface area contributed by atoms with Crippen molar-refractivity contribution in [3.63, 3.8) is 0 Å². The summed E-state index contributed by atoms with van der Waals surface area (Å²) in [4.78, 5) is 3.97. The molecule has 1 aromatic carbocycles. The minimum Gasteiger partial charge on any atom is -0.384 e. The van der Waals surface area contributed by atoms with Crippen LogP contribution in [0.5, 0.6) is 0 Å². The largest absolute Gasteiger partial charge is 0.384 e. The number of benzene rings is 1. The van der Waals surface area contributed by atoms with Crippen LogP contribution in [-0.2, 0) is 13.0 Å². The van der Waals surface area contributed by atoms with E-state index in [2.05, 4.69) is 41.5 Å². The van der Waals surface area contributed by atoms with Crippen LogP contribution in [0.2, 0.25) is 0 Å². The Morgan fingerprint density at radius 2 is 1.94 bits per heavy atom. The lowest BCUT2D eigenvalue weighted by Gasteiger charge is -2.10. The predicted octanol–water partition coefficient (Wildman–Crippen LogP) is 2.84. The van der Waals surface area contributed by atoms with Gasteiger partial charge in [0.25, 0.3) is 0 Å². The maximum Gasteiger partial charge on any atom is 0.125 e. The first-order valence-electron chi connectivity index (χ1n) is 5.81. The van der Waals surface area contributed by atoms with Crippen LogP contribution in [0.15, 0.2) is 42.6 Å². The van der Waals surface area contributed by atoms with Gasteiger partial charge in [0.15, 0.2) is 0 Å². The van der Waals surface area contributed by atoms with Gasteiger partial charge in [0.05, 0.1) is 0 Å². The Balaban J connectivity index is 2.07. The van der Waals surface area contributed by atoms with E-state index < -0.39 is 0 Å². The first-order valence-corrected chi connectivity index (χ1v) is 5.81. The zero-order valence-electron chi connectivity index (χ0n) is 9.98. The first kappa shape index (κ1) is 11.5. The quantitative estimate of drug-likeness (QED) is 0.844. The van der Waals surface area contributed by atoms with Crippen molar-refractivity contribution in [2.45, 2.75) is 19.9 Å². The number of nitrogens with one attached hydrogen (secondary N) is 1. The molecule has 3 nitrogen and oxygen atoms in total. The Morgan fingerprint density at radius 3 is 2.65 bits per heavy atom. The van der Waals surface area contributed by atoms with Crippen LogP contribution in [-0.4, -0.2) is 4.98 Å². The van der Waals surface area contributed by atoms with Crippen LogP contribution >= 0.6 is 0 Å². The summed E-state index contributed by atoms with van der Waals surface area (Å²) in [6.45, 7) is 2.98. The number of hydrogen-bond acceptors (Lipinski definition) is 3. The molecule has 0 aliphatic heterocycles. The minimum absolute atomic E-state index is 0.541. The summed E-state index contributed by atoms with van der Waals surface area (Å²) in [5.74, 6) is 0.541. The number of anilines is 2. The van der Waals surface area contributed by atoms with E-state index in [1.165, 1.54) is 11.1 Å². The van der Waals surface area contributed by atoms with Crippen molar-refractivity contribution in [3.8, 4) is 0 Å². The van der Waals surface area contributed by atoms with Gasteiger partial charge in [-0.15, -0.1) is 0 Å². The first-order chi connectivity index (χ1) is 8.29. The molecule has 3 heteroatoms. The molecule has 2 rings (SSSR count). The molecule has 0 aliphatic rings. The molecule has 3 N–H and O–H groups in total. The van der Waals surface area contributed by atoms with E-state index in [4.69, 9.17) is 5.73 Å². The molecule has 0 spiro atoms. The Bertz CT molecular complexity index is 494. The van der Waals surface area contributed by atoms with Gasteiger partial charge in [0, 0.05) is 24.5 Å². The molecule has 0 fully saturated rings. The van der Waals surface area contributed by atoms with Crippen LogP contribution in [0, 0.1) is 0 Å². The van der Waals surface area contributed by atoms with E-state index >= 15 is 0 Å². The second-order valence-electron chi connectivity index (χ2n) is 3.95. The predicted molar refractivity (Wildman–Crippen MR) is 71.8 cm³/mol.